The van der Waals surface area contributed by atoms with E-state index >= 15 is 0 Å². The van der Waals surface area contributed by atoms with Crippen LogP contribution in [0.5, 0.6) is 0 Å². The number of carbonyl (C=O) groups excluding carboxylic acids is 1. The highest BCUT2D eigenvalue weighted by molar-refractivity contribution is 5.83. The van der Waals surface area contributed by atoms with E-state index in [9.17, 15) is 4.79 Å². The summed E-state index contributed by atoms with van der Waals surface area (Å²) in [5, 5.41) is 8.83. The van der Waals surface area contributed by atoms with Crippen molar-refractivity contribution < 1.29 is 4.79 Å². The minimum absolute atomic E-state index is 0.0582. The average molecular weight is 227 g/mol. The Morgan fingerprint density at radius 3 is 2.65 bits per heavy atom. The number of ketones is 1. The molecule has 1 fully saturated rings. The van der Waals surface area contributed by atoms with Crippen molar-refractivity contribution >= 4 is 5.78 Å². The summed E-state index contributed by atoms with van der Waals surface area (Å²) in [5.41, 5.74) is 2.26. The maximum absolute atomic E-state index is 11.6. The molecular formula is C15H17NO. The van der Waals surface area contributed by atoms with Gasteiger partial charge >= 0.3 is 0 Å². The molecule has 2 nitrogen and oxygen atoms in total. The molecule has 1 aromatic carbocycles. The van der Waals surface area contributed by atoms with Gasteiger partial charge in [-0.15, -0.1) is 0 Å². The molecule has 1 saturated carbocycles. The molecule has 0 spiro atoms. The van der Waals surface area contributed by atoms with Crippen molar-refractivity contribution in [2.45, 2.75) is 38.5 Å². The van der Waals surface area contributed by atoms with Crippen LogP contribution in [0.1, 0.15) is 43.2 Å². The van der Waals surface area contributed by atoms with Gasteiger partial charge in [0.25, 0.3) is 0 Å². The van der Waals surface area contributed by atoms with Crippen LogP contribution in [0.3, 0.4) is 0 Å². The molecule has 0 saturated heterocycles. The lowest BCUT2D eigenvalue weighted by atomic mass is 9.95. The zero-order valence-corrected chi connectivity index (χ0v) is 10.1. The molecule has 2 heteroatoms. The largest absolute Gasteiger partial charge is 0.299 e. The number of Topliss-reactive ketones (excluding diaryl/α,β-unsaturated/α-hetero) is 1. The van der Waals surface area contributed by atoms with Crippen LogP contribution in [0.2, 0.25) is 0 Å². The van der Waals surface area contributed by atoms with Gasteiger partial charge in [-0.25, -0.2) is 0 Å². The Balaban J connectivity index is 2.03. The zero-order chi connectivity index (χ0) is 12.3. The third-order valence-electron chi connectivity index (χ3n) is 3.59. The topological polar surface area (TPSA) is 40.9 Å². The van der Waals surface area contributed by atoms with Crippen molar-refractivity contribution in [2.75, 3.05) is 0 Å². The maximum Gasteiger partial charge on any atom is 0.136 e. The lowest BCUT2D eigenvalue weighted by Crippen LogP contribution is -2.09. The predicted octanol–water partition coefficient (Wildman–Crippen LogP) is 3.23. The molecule has 88 valence electrons. The summed E-state index contributed by atoms with van der Waals surface area (Å²) >= 11 is 0. The number of nitriles is 1. The number of nitrogens with zero attached hydrogens (tertiary/aromatic N) is 1. The molecule has 1 unspecified atom stereocenters. The second kappa shape index (κ2) is 5.14. The first kappa shape index (κ1) is 11.9. The molecule has 0 amide bonds. The number of rotatable bonds is 3. The standard InChI is InChI=1S/C15H17NO/c1-11(10-16)13-7-5-12(6-8-13)9-14-3-2-4-15(14)17/h5-8,11,14H,2-4,9H2,1H3/t11-,14?/m0/s1. The first-order valence-corrected chi connectivity index (χ1v) is 6.22. The van der Waals surface area contributed by atoms with Gasteiger partial charge in [-0.1, -0.05) is 24.3 Å². The second-order valence-electron chi connectivity index (χ2n) is 4.85. The van der Waals surface area contributed by atoms with Gasteiger partial charge in [0.15, 0.2) is 0 Å². The molecule has 17 heavy (non-hydrogen) atoms. The molecule has 0 aromatic heterocycles. The first-order chi connectivity index (χ1) is 8.20. The third-order valence-corrected chi connectivity index (χ3v) is 3.59. The highest BCUT2D eigenvalue weighted by Gasteiger charge is 2.24. The molecule has 0 aliphatic heterocycles. The molecule has 2 atom stereocenters. The summed E-state index contributed by atoms with van der Waals surface area (Å²) in [7, 11) is 0. The Morgan fingerprint density at radius 1 is 1.41 bits per heavy atom. The van der Waals surface area contributed by atoms with Gasteiger partial charge in [0.1, 0.15) is 5.78 Å². The fourth-order valence-electron chi connectivity index (χ4n) is 2.41. The zero-order valence-electron chi connectivity index (χ0n) is 10.1. The molecule has 2 rings (SSSR count). The summed E-state index contributed by atoms with van der Waals surface area (Å²) < 4.78 is 0. The van der Waals surface area contributed by atoms with Gasteiger partial charge in [-0.05, 0) is 37.3 Å². The fraction of sp³-hybridized carbons (Fsp3) is 0.467. The van der Waals surface area contributed by atoms with Crippen molar-refractivity contribution in [1.82, 2.24) is 0 Å². The maximum atomic E-state index is 11.6. The fourth-order valence-corrected chi connectivity index (χ4v) is 2.41. The molecule has 1 aliphatic rings. The summed E-state index contributed by atoms with van der Waals surface area (Å²) in [4.78, 5) is 11.6. The van der Waals surface area contributed by atoms with Crippen LogP contribution in [-0.2, 0) is 11.2 Å². The van der Waals surface area contributed by atoms with E-state index in [4.69, 9.17) is 5.26 Å². The predicted molar refractivity (Wildman–Crippen MR) is 66.5 cm³/mol. The van der Waals surface area contributed by atoms with Crippen molar-refractivity contribution in [3.05, 3.63) is 35.4 Å². The average Bonchev–Trinajstić information content (AvgIpc) is 2.75. The Morgan fingerprint density at radius 2 is 2.12 bits per heavy atom. The van der Waals surface area contributed by atoms with Crippen LogP contribution in [0, 0.1) is 17.2 Å². The van der Waals surface area contributed by atoms with Crippen LogP contribution in [0.15, 0.2) is 24.3 Å². The van der Waals surface area contributed by atoms with Crippen molar-refractivity contribution in [1.29, 1.82) is 5.26 Å². The minimum atomic E-state index is -0.0582. The SMILES string of the molecule is C[C@@H](C#N)c1ccc(CC2CCCC2=O)cc1. The summed E-state index contributed by atoms with van der Waals surface area (Å²) in [6.07, 6.45) is 3.70. The summed E-state index contributed by atoms with van der Waals surface area (Å²) in [6.45, 7) is 1.90. The molecule has 1 aromatic rings. The van der Waals surface area contributed by atoms with E-state index in [1.54, 1.807) is 0 Å². The van der Waals surface area contributed by atoms with Gasteiger partial charge in [0, 0.05) is 12.3 Å². The Bertz CT molecular complexity index is 441. The Labute approximate surface area is 102 Å². The molecule has 1 aliphatic carbocycles. The summed E-state index contributed by atoms with van der Waals surface area (Å²) in [5.74, 6) is 0.589. The Hall–Kier alpha value is -1.62. The van der Waals surface area contributed by atoms with E-state index in [0.717, 1.165) is 31.2 Å². The first-order valence-electron chi connectivity index (χ1n) is 6.22. The quantitative estimate of drug-likeness (QED) is 0.795. The summed E-state index contributed by atoms with van der Waals surface area (Å²) in [6, 6.07) is 10.3. The van der Waals surface area contributed by atoms with Gasteiger partial charge in [0.2, 0.25) is 0 Å². The molecule has 0 radical (unpaired) electrons. The smallest absolute Gasteiger partial charge is 0.136 e. The van der Waals surface area contributed by atoms with Crippen molar-refractivity contribution in [2.24, 2.45) is 5.92 Å². The third kappa shape index (κ3) is 2.74. The van der Waals surface area contributed by atoms with Crippen LogP contribution in [0.25, 0.3) is 0 Å². The van der Waals surface area contributed by atoms with E-state index in [1.807, 2.05) is 19.1 Å². The van der Waals surface area contributed by atoms with E-state index in [-0.39, 0.29) is 11.8 Å². The normalized spacial score (nSPS) is 21.2. The second-order valence-corrected chi connectivity index (χ2v) is 4.85. The van der Waals surface area contributed by atoms with Crippen LogP contribution in [0.4, 0.5) is 0 Å². The Kier molecular flexibility index (Phi) is 3.58. The number of hydrogen-bond acceptors (Lipinski definition) is 2. The van der Waals surface area contributed by atoms with Gasteiger partial charge in [-0.2, -0.15) is 5.26 Å². The minimum Gasteiger partial charge on any atom is -0.299 e. The molecule has 0 heterocycles. The van der Waals surface area contributed by atoms with Crippen molar-refractivity contribution in [3.63, 3.8) is 0 Å². The van der Waals surface area contributed by atoms with Crippen molar-refractivity contribution in [3.8, 4) is 6.07 Å². The molecule has 0 bridgehead atoms. The number of hydrogen-bond donors (Lipinski definition) is 0. The van der Waals surface area contributed by atoms with E-state index in [0.29, 0.717) is 5.78 Å². The van der Waals surface area contributed by atoms with Gasteiger partial charge < -0.3 is 0 Å². The van der Waals surface area contributed by atoms with Gasteiger partial charge in [0.05, 0.1) is 12.0 Å². The van der Waals surface area contributed by atoms with Crippen LogP contribution in [-0.4, -0.2) is 5.78 Å². The van der Waals surface area contributed by atoms with Crippen LogP contribution < -0.4 is 0 Å². The number of benzene rings is 1. The number of carbonyl (C=O) groups is 1. The van der Waals surface area contributed by atoms with Gasteiger partial charge in [-0.3, -0.25) is 4.79 Å². The van der Waals surface area contributed by atoms with Crippen LogP contribution >= 0.6 is 0 Å². The highest BCUT2D eigenvalue weighted by Crippen LogP contribution is 2.25. The highest BCUT2D eigenvalue weighted by atomic mass is 16.1. The van der Waals surface area contributed by atoms with E-state index in [2.05, 4.69) is 18.2 Å². The van der Waals surface area contributed by atoms with E-state index in [1.165, 1.54) is 5.56 Å². The monoisotopic (exact) mass is 227 g/mol. The lowest BCUT2D eigenvalue weighted by molar-refractivity contribution is -0.120. The molecule has 0 N–H and O–H groups in total. The van der Waals surface area contributed by atoms with E-state index < -0.39 is 0 Å². The lowest BCUT2D eigenvalue weighted by Gasteiger charge is -2.09. The molecular weight excluding hydrogens is 210 g/mol.